The van der Waals surface area contributed by atoms with Gasteiger partial charge in [-0.3, -0.25) is 0 Å². The Balaban J connectivity index is 1.27. The van der Waals surface area contributed by atoms with Crippen LogP contribution in [-0.2, 0) is 19.6 Å². The number of aromatic nitrogens is 1. The molecule has 198 valence electrons. The number of methoxy groups -OCH3 is 1. The molecule has 4 aromatic carbocycles. The van der Waals surface area contributed by atoms with Crippen LogP contribution < -0.4 is 19.5 Å². The van der Waals surface area contributed by atoms with Crippen molar-refractivity contribution in [2.75, 3.05) is 13.7 Å². The fraction of sp³-hybridized carbons (Fsp3) is 0.235. The lowest BCUT2D eigenvalue weighted by atomic mass is 9.93. The highest BCUT2D eigenvalue weighted by Gasteiger charge is 2.26. The third-order valence-corrected chi connectivity index (χ3v) is 7.75. The Hall–Kier alpha value is -4.22. The highest BCUT2D eigenvalue weighted by Crippen LogP contribution is 2.36. The maximum Gasteiger partial charge on any atom is 0.125 e. The molecular weight excluding hydrogens is 484 g/mol. The summed E-state index contributed by atoms with van der Waals surface area (Å²) in [5.41, 5.74) is 9.45. The van der Waals surface area contributed by atoms with E-state index < -0.39 is 0 Å². The smallest absolute Gasteiger partial charge is 0.125 e. The number of H-pyrrole nitrogens is 1. The Bertz CT molecular complexity index is 1610. The summed E-state index contributed by atoms with van der Waals surface area (Å²) in [7, 11) is 1.71. The molecule has 0 saturated heterocycles. The van der Waals surface area contributed by atoms with Crippen LogP contribution in [0.3, 0.4) is 0 Å². The first-order valence-corrected chi connectivity index (χ1v) is 13.5. The van der Waals surface area contributed by atoms with Crippen molar-refractivity contribution >= 4 is 10.9 Å². The molecule has 5 heteroatoms. The van der Waals surface area contributed by atoms with E-state index in [1.165, 1.54) is 27.8 Å². The predicted octanol–water partition coefficient (Wildman–Crippen LogP) is 7.19. The van der Waals surface area contributed by atoms with Crippen LogP contribution >= 0.6 is 0 Å². The van der Waals surface area contributed by atoms with Crippen molar-refractivity contribution in [2.24, 2.45) is 0 Å². The van der Waals surface area contributed by atoms with Crippen LogP contribution in [0.4, 0.5) is 0 Å². The number of benzene rings is 4. The minimum absolute atomic E-state index is 0.0557. The zero-order chi connectivity index (χ0) is 26.8. The molecule has 0 amide bonds. The van der Waals surface area contributed by atoms with Crippen LogP contribution in [-0.4, -0.2) is 18.6 Å². The molecule has 0 spiro atoms. The molecule has 1 aliphatic heterocycles. The van der Waals surface area contributed by atoms with Gasteiger partial charge in [0.05, 0.1) is 13.2 Å². The van der Waals surface area contributed by atoms with Gasteiger partial charge in [0.1, 0.15) is 30.5 Å². The number of rotatable bonds is 8. The van der Waals surface area contributed by atoms with Crippen LogP contribution in [0.2, 0.25) is 0 Å². The van der Waals surface area contributed by atoms with Gasteiger partial charge < -0.3 is 24.5 Å². The molecule has 5 aromatic rings. The SMILES string of the molecule is COc1ccc([C@@H]2NCCc3c2[nH]c2ccc(OCc4ccccc4)cc32)cc1COc1cccc(C)c1C. The van der Waals surface area contributed by atoms with Gasteiger partial charge in [0.2, 0.25) is 0 Å². The van der Waals surface area contributed by atoms with Gasteiger partial charge >= 0.3 is 0 Å². The summed E-state index contributed by atoms with van der Waals surface area (Å²) >= 11 is 0. The second kappa shape index (κ2) is 10.9. The van der Waals surface area contributed by atoms with Crippen LogP contribution in [0, 0.1) is 13.8 Å². The Labute approximate surface area is 229 Å². The van der Waals surface area contributed by atoms with E-state index in [1.54, 1.807) is 7.11 Å². The van der Waals surface area contributed by atoms with Crippen molar-refractivity contribution < 1.29 is 14.2 Å². The van der Waals surface area contributed by atoms with Gasteiger partial charge in [-0.25, -0.2) is 0 Å². The number of hydrogen-bond acceptors (Lipinski definition) is 4. The van der Waals surface area contributed by atoms with Gasteiger partial charge in [-0.15, -0.1) is 0 Å². The van der Waals surface area contributed by atoms with E-state index in [-0.39, 0.29) is 6.04 Å². The molecule has 1 aromatic heterocycles. The number of fused-ring (bicyclic) bond motifs is 3. The van der Waals surface area contributed by atoms with Gasteiger partial charge in [-0.05, 0) is 84.5 Å². The topological polar surface area (TPSA) is 55.5 Å². The molecule has 0 aliphatic carbocycles. The van der Waals surface area contributed by atoms with E-state index in [0.29, 0.717) is 13.2 Å². The molecule has 5 nitrogen and oxygen atoms in total. The zero-order valence-electron chi connectivity index (χ0n) is 22.7. The monoisotopic (exact) mass is 518 g/mol. The van der Waals surface area contributed by atoms with Gasteiger partial charge in [0.25, 0.3) is 0 Å². The Morgan fingerprint density at radius 2 is 1.69 bits per heavy atom. The Kier molecular flexibility index (Phi) is 6.99. The molecule has 0 bridgehead atoms. The summed E-state index contributed by atoms with van der Waals surface area (Å²) in [5, 5.41) is 4.96. The van der Waals surface area contributed by atoms with E-state index in [9.17, 15) is 0 Å². The van der Waals surface area contributed by atoms with E-state index in [1.807, 2.05) is 42.5 Å². The molecule has 0 radical (unpaired) electrons. The maximum absolute atomic E-state index is 6.25. The second-order valence-electron chi connectivity index (χ2n) is 10.2. The summed E-state index contributed by atoms with van der Waals surface area (Å²) in [4.78, 5) is 3.70. The lowest BCUT2D eigenvalue weighted by Crippen LogP contribution is -2.30. The van der Waals surface area contributed by atoms with Gasteiger partial charge in [0.15, 0.2) is 0 Å². The normalized spacial score (nSPS) is 14.7. The van der Waals surface area contributed by atoms with Crippen molar-refractivity contribution in [3.8, 4) is 17.2 Å². The molecule has 39 heavy (non-hydrogen) atoms. The number of hydrogen-bond donors (Lipinski definition) is 2. The molecule has 1 aliphatic rings. The summed E-state index contributed by atoms with van der Waals surface area (Å²) in [6.45, 7) is 6.10. The van der Waals surface area contributed by atoms with Gasteiger partial charge in [0, 0.05) is 28.7 Å². The molecule has 6 rings (SSSR count). The fourth-order valence-corrected chi connectivity index (χ4v) is 5.45. The van der Waals surface area contributed by atoms with Gasteiger partial charge in [-0.2, -0.15) is 0 Å². The summed E-state index contributed by atoms with van der Waals surface area (Å²) in [5.74, 6) is 2.62. The minimum Gasteiger partial charge on any atom is -0.496 e. The first kappa shape index (κ1) is 25.1. The highest BCUT2D eigenvalue weighted by atomic mass is 16.5. The quantitative estimate of drug-likeness (QED) is 0.228. The second-order valence-corrected chi connectivity index (χ2v) is 10.2. The summed E-state index contributed by atoms with van der Waals surface area (Å²) in [6.07, 6.45) is 0.965. The van der Waals surface area contributed by atoms with E-state index in [2.05, 4.69) is 66.6 Å². The average molecular weight is 519 g/mol. The summed E-state index contributed by atoms with van der Waals surface area (Å²) in [6, 6.07) is 29.2. The minimum atomic E-state index is 0.0557. The maximum atomic E-state index is 6.25. The van der Waals surface area contributed by atoms with Crippen LogP contribution in [0.25, 0.3) is 10.9 Å². The van der Waals surface area contributed by atoms with E-state index in [4.69, 9.17) is 14.2 Å². The lowest BCUT2D eigenvalue weighted by molar-refractivity contribution is 0.294. The standard InChI is InChI=1S/C34H34N2O3/c1-22-8-7-11-31(23(22)2)39-21-26-18-25(12-15-32(26)37-3)33-34-28(16-17-35-33)29-19-27(13-14-30(29)36-34)38-20-24-9-5-4-6-10-24/h4-15,18-19,33,35-36H,16-17,20-21H2,1-3H3/t33-/m0/s1. The molecular formula is C34H34N2O3. The predicted molar refractivity (Wildman–Crippen MR) is 156 cm³/mol. The number of nitrogens with one attached hydrogen (secondary N) is 2. The summed E-state index contributed by atoms with van der Waals surface area (Å²) < 4.78 is 18.1. The third kappa shape index (κ3) is 5.10. The zero-order valence-corrected chi connectivity index (χ0v) is 22.7. The van der Waals surface area contributed by atoms with Crippen molar-refractivity contribution in [3.63, 3.8) is 0 Å². The van der Waals surface area contributed by atoms with Gasteiger partial charge in [-0.1, -0.05) is 48.5 Å². The third-order valence-electron chi connectivity index (χ3n) is 7.75. The van der Waals surface area contributed by atoms with Crippen LogP contribution in [0.5, 0.6) is 17.2 Å². The molecule has 0 saturated carbocycles. The average Bonchev–Trinajstić information content (AvgIpc) is 3.35. The lowest BCUT2D eigenvalue weighted by Gasteiger charge is -2.26. The largest absolute Gasteiger partial charge is 0.496 e. The first-order chi connectivity index (χ1) is 19.1. The molecule has 1 atom stereocenters. The van der Waals surface area contributed by atoms with Crippen molar-refractivity contribution in [2.45, 2.75) is 39.5 Å². The number of ether oxygens (including phenoxy) is 3. The number of aromatic amines is 1. The van der Waals surface area contributed by atoms with Crippen molar-refractivity contribution in [3.05, 3.63) is 124 Å². The fourth-order valence-electron chi connectivity index (χ4n) is 5.45. The highest BCUT2D eigenvalue weighted by molar-refractivity contribution is 5.86. The molecule has 2 heterocycles. The Morgan fingerprint density at radius 3 is 2.54 bits per heavy atom. The molecule has 2 N–H and O–H groups in total. The van der Waals surface area contributed by atoms with E-state index >= 15 is 0 Å². The van der Waals surface area contributed by atoms with Crippen LogP contribution in [0.15, 0.2) is 84.9 Å². The first-order valence-electron chi connectivity index (χ1n) is 13.5. The Morgan fingerprint density at radius 1 is 0.821 bits per heavy atom. The van der Waals surface area contributed by atoms with Crippen molar-refractivity contribution in [1.82, 2.24) is 10.3 Å². The molecule has 0 fully saturated rings. The molecule has 0 unspecified atom stereocenters. The van der Waals surface area contributed by atoms with Crippen LogP contribution in [0.1, 0.15) is 45.1 Å². The number of aryl methyl sites for hydroxylation is 1. The van der Waals surface area contributed by atoms with E-state index in [0.717, 1.165) is 52.4 Å². The van der Waals surface area contributed by atoms with Crippen molar-refractivity contribution in [1.29, 1.82) is 0 Å².